The molecule has 2 amide bonds. The van der Waals surface area contributed by atoms with Crippen molar-refractivity contribution in [3.63, 3.8) is 0 Å². The van der Waals surface area contributed by atoms with E-state index in [0.29, 0.717) is 13.1 Å². The van der Waals surface area contributed by atoms with Gasteiger partial charge in [-0.3, -0.25) is 4.90 Å². The summed E-state index contributed by atoms with van der Waals surface area (Å²) in [6.07, 6.45) is 4.11. The number of amides is 2. The molecule has 1 unspecified atom stereocenters. The molecule has 0 aliphatic carbocycles. The summed E-state index contributed by atoms with van der Waals surface area (Å²) in [5.41, 5.74) is 2.38. The first-order chi connectivity index (χ1) is 14.3. The van der Waals surface area contributed by atoms with Crippen LogP contribution in [0.5, 0.6) is 0 Å². The molecule has 156 valence electrons. The zero-order valence-corrected chi connectivity index (χ0v) is 17.6. The van der Waals surface area contributed by atoms with E-state index >= 15 is 0 Å². The molecule has 2 aromatic rings. The highest BCUT2D eigenvalue weighted by Crippen LogP contribution is 2.25. The SMILES string of the molecule is O=C(NCc1ccc(N2CCSCC2)cc1)NCC(c1ccco1)N1CCCC1. The Labute approximate surface area is 177 Å². The lowest BCUT2D eigenvalue weighted by Gasteiger charge is -2.28. The molecular formula is C22H30N4O2S. The van der Waals surface area contributed by atoms with E-state index in [1.165, 1.54) is 30.0 Å². The topological polar surface area (TPSA) is 60.8 Å². The number of nitrogens with one attached hydrogen (secondary N) is 2. The van der Waals surface area contributed by atoms with E-state index in [0.717, 1.165) is 37.5 Å². The van der Waals surface area contributed by atoms with Gasteiger partial charge in [0.15, 0.2) is 0 Å². The highest BCUT2D eigenvalue weighted by Gasteiger charge is 2.25. The molecule has 2 aliphatic rings. The van der Waals surface area contributed by atoms with Crippen molar-refractivity contribution in [2.24, 2.45) is 0 Å². The van der Waals surface area contributed by atoms with Gasteiger partial charge in [0.25, 0.3) is 0 Å². The van der Waals surface area contributed by atoms with Crippen LogP contribution < -0.4 is 15.5 Å². The smallest absolute Gasteiger partial charge is 0.315 e. The Hall–Kier alpha value is -2.12. The fraction of sp³-hybridized carbons (Fsp3) is 0.500. The van der Waals surface area contributed by atoms with Crippen LogP contribution in [0.15, 0.2) is 47.1 Å². The van der Waals surface area contributed by atoms with E-state index in [2.05, 4.69) is 44.7 Å². The first-order valence-corrected chi connectivity index (χ1v) is 11.7. The standard InChI is InChI=1S/C22H30N4O2S/c27-22(24-17-20(21-4-3-13-28-21)26-9-1-2-10-26)23-16-18-5-7-19(8-6-18)25-11-14-29-15-12-25/h3-8,13,20H,1-2,9-12,14-17H2,(H2,23,24,27). The van der Waals surface area contributed by atoms with Crippen LogP contribution in [0.1, 0.15) is 30.2 Å². The number of rotatable bonds is 7. The Morgan fingerprint density at radius 3 is 2.48 bits per heavy atom. The summed E-state index contributed by atoms with van der Waals surface area (Å²) in [5.74, 6) is 3.30. The van der Waals surface area contributed by atoms with Crippen LogP contribution in [0, 0.1) is 0 Å². The second kappa shape index (κ2) is 10.1. The van der Waals surface area contributed by atoms with Gasteiger partial charge in [0, 0.05) is 43.4 Å². The highest BCUT2D eigenvalue weighted by atomic mass is 32.2. The minimum Gasteiger partial charge on any atom is -0.468 e. The van der Waals surface area contributed by atoms with Crippen LogP contribution in [0.2, 0.25) is 0 Å². The first kappa shape index (κ1) is 20.2. The number of nitrogens with zero attached hydrogens (tertiary/aromatic N) is 2. The summed E-state index contributed by atoms with van der Waals surface area (Å²) >= 11 is 2.02. The third-order valence-electron chi connectivity index (χ3n) is 5.67. The molecule has 29 heavy (non-hydrogen) atoms. The molecule has 4 rings (SSSR count). The molecule has 1 aromatic carbocycles. The van der Waals surface area contributed by atoms with Gasteiger partial charge < -0.3 is 20.0 Å². The lowest BCUT2D eigenvalue weighted by molar-refractivity contribution is 0.203. The van der Waals surface area contributed by atoms with E-state index in [1.807, 2.05) is 23.9 Å². The molecule has 0 bridgehead atoms. The third kappa shape index (κ3) is 5.48. The van der Waals surface area contributed by atoms with Gasteiger partial charge in [-0.15, -0.1) is 0 Å². The van der Waals surface area contributed by atoms with E-state index in [4.69, 9.17) is 4.42 Å². The fourth-order valence-electron chi connectivity index (χ4n) is 4.02. The number of carbonyl (C=O) groups excluding carboxylic acids is 1. The summed E-state index contributed by atoms with van der Waals surface area (Å²) in [5, 5.41) is 5.99. The lowest BCUT2D eigenvalue weighted by atomic mass is 10.2. The molecule has 1 aromatic heterocycles. The molecule has 2 N–H and O–H groups in total. The zero-order valence-electron chi connectivity index (χ0n) is 16.8. The number of anilines is 1. The molecular weight excluding hydrogens is 384 g/mol. The molecule has 0 saturated carbocycles. The second-order valence-electron chi connectivity index (χ2n) is 7.60. The maximum atomic E-state index is 12.3. The predicted octanol–water partition coefficient (Wildman–Crippen LogP) is 3.47. The molecule has 1 atom stereocenters. The molecule has 3 heterocycles. The number of thioether (sulfide) groups is 1. The maximum absolute atomic E-state index is 12.3. The van der Waals surface area contributed by atoms with Gasteiger partial charge in [-0.1, -0.05) is 12.1 Å². The van der Waals surface area contributed by atoms with Crippen molar-refractivity contribution in [2.45, 2.75) is 25.4 Å². The molecule has 0 radical (unpaired) electrons. The van der Waals surface area contributed by atoms with Gasteiger partial charge in [0.2, 0.25) is 0 Å². The average Bonchev–Trinajstić information content (AvgIpc) is 3.49. The van der Waals surface area contributed by atoms with Gasteiger partial charge in [-0.2, -0.15) is 11.8 Å². The Bertz CT molecular complexity index is 754. The number of urea groups is 1. The number of benzene rings is 1. The number of furan rings is 1. The first-order valence-electron chi connectivity index (χ1n) is 10.5. The normalized spacial score (nSPS) is 18.6. The Morgan fingerprint density at radius 2 is 1.79 bits per heavy atom. The van der Waals surface area contributed by atoms with Crippen LogP contribution in [0.3, 0.4) is 0 Å². The van der Waals surface area contributed by atoms with Crippen molar-refractivity contribution in [3.8, 4) is 0 Å². The van der Waals surface area contributed by atoms with Crippen molar-refractivity contribution >= 4 is 23.5 Å². The van der Waals surface area contributed by atoms with Gasteiger partial charge in [-0.05, 0) is 55.8 Å². The summed E-state index contributed by atoms with van der Waals surface area (Å²) < 4.78 is 5.61. The van der Waals surface area contributed by atoms with Gasteiger partial charge in [0.05, 0.1) is 12.3 Å². The summed E-state index contributed by atoms with van der Waals surface area (Å²) in [7, 11) is 0. The quantitative estimate of drug-likeness (QED) is 0.727. The van der Waals surface area contributed by atoms with Gasteiger partial charge in [-0.25, -0.2) is 4.79 Å². The number of hydrogen-bond donors (Lipinski definition) is 2. The molecule has 7 heteroatoms. The minimum atomic E-state index is -0.141. The average molecular weight is 415 g/mol. The van der Waals surface area contributed by atoms with Crippen LogP contribution in [0.4, 0.5) is 10.5 Å². The Morgan fingerprint density at radius 1 is 1.03 bits per heavy atom. The van der Waals surface area contributed by atoms with E-state index in [9.17, 15) is 4.79 Å². The summed E-state index contributed by atoms with van der Waals surface area (Å²) in [6.45, 7) is 5.40. The van der Waals surface area contributed by atoms with Gasteiger partial charge in [0.1, 0.15) is 5.76 Å². The Kier molecular flexibility index (Phi) is 7.00. The number of likely N-dealkylation sites (tertiary alicyclic amines) is 1. The zero-order chi connectivity index (χ0) is 19.9. The van der Waals surface area contributed by atoms with Crippen molar-refractivity contribution < 1.29 is 9.21 Å². The third-order valence-corrected chi connectivity index (χ3v) is 6.62. The number of hydrogen-bond acceptors (Lipinski definition) is 5. The van der Waals surface area contributed by atoms with Crippen LogP contribution in [0.25, 0.3) is 0 Å². The molecule has 2 fully saturated rings. The Balaban J connectivity index is 1.25. The van der Waals surface area contributed by atoms with Crippen molar-refractivity contribution in [1.82, 2.24) is 15.5 Å². The second-order valence-corrected chi connectivity index (χ2v) is 8.83. The van der Waals surface area contributed by atoms with Crippen molar-refractivity contribution in [3.05, 3.63) is 54.0 Å². The van der Waals surface area contributed by atoms with Crippen LogP contribution in [-0.2, 0) is 6.54 Å². The summed E-state index contributed by atoms with van der Waals surface area (Å²) in [6, 6.07) is 12.4. The highest BCUT2D eigenvalue weighted by molar-refractivity contribution is 7.99. The van der Waals surface area contributed by atoms with Crippen LogP contribution in [-0.4, -0.2) is 55.2 Å². The summed E-state index contributed by atoms with van der Waals surface area (Å²) in [4.78, 5) is 17.1. The molecule has 2 aliphatic heterocycles. The van der Waals surface area contributed by atoms with Gasteiger partial charge >= 0.3 is 6.03 Å². The van der Waals surface area contributed by atoms with E-state index < -0.39 is 0 Å². The minimum absolute atomic E-state index is 0.0974. The maximum Gasteiger partial charge on any atom is 0.315 e. The molecule has 0 spiro atoms. The van der Waals surface area contributed by atoms with Crippen LogP contribution >= 0.6 is 11.8 Å². The lowest BCUT2D eigenvalue weighted by Crippen LogP contribution is -2.41. The van der Waals surface area contributed by atoms with Crippen molar-refractivity contribution in [2.75, 3.05) is 49.1 Å². The fourth-order valence-corrected chi connectivity index (χ4v) is 4.93. The predicted molar refractivity (Wildman–Crippen MR) is 118 cm³/mol. The number of carbonyl (C=O) groups is 1. The monoisotopic (exact) mass is 414 g/mol. The largest absolute Gasteiger partial charge is 0.468 e. The van der Waals surface area contributed by atoms with E-state index in [1.54, 1.807) is 6.26 Å². The molecule has 6 nitrogen and oxygen atoms in total. The van der Waals surface area contributed by atoms with E-state index in [-0.39, 0.29) is 12.1 Å². The van der Waals surface area contributed by atoms with Crippen molar-refractivity contribution in [1.29, 1.82) is 0 Å². The molecule has 2 saturated heterocycles.